The predicted octanol–water partition coefficient (Wildman–Crippen LogP) is 2.67. The molecule has 2 heterocycles. The van der Waals surface area contributed by atoms with Gasteiger partial charge in [0.2, 0.25) is 0 Å². The third-order valence-corrected chi connectivity index (χ3v) is 4.20. The van der Waals surface area contributed by atoms with Crippen LogP contribution in [0, 0.1) is 0 Å². The number of hydrogen-bond donors (Lipinski definition) is 1. The Morgan fingerprint density at radius 2 is 2.53 bits per heavy atom. The zero-order chi connectivity index (χ0) is 11.9. The maximum absolute atomic E-state index is 5.61. The average Bonchev–Trinajstić information content (AvgIpc) is 2.99. The molecule has 1 aromatic rings. The van der Waals surface area contributed by atoms with Crippen molar-refractivity contribution in [1.82, 2.24) is 5.32 Å². The summed E-state index contributed by atoms with van der Waals surface area (Å²) in [5.41, 5.74) is 0. The van der Waals surface area contributed by atoms with Gasteiger partial charge in [0.25, 0.3) is 0 Å². The number of furan rings is 1. The van der Waals surface area contributed by atoms with Crippen LogP contribution in [0.2, 0.25) is 0 Å². The molecule has 0 radical (unpaired) electrons. The summed E-state index contributed by atoms with van der Waals surface area (Å²) in [6.45, 7) is 5.04. The Morgan fingerprint density at radius 1 is 1.59 bits per heavy atom. The topological polar surface area (TPSA) is 34.4 Å². The van der Waals surface area contributed by atoms with Gasteiger partial charge in [-0.25, -0.2) is 0 Å². The summed E-state index contributed by atoms with van der Waals surface area (Å²) in [5, 5.41) is 4.03. The van der Waals surface area contributed by atoms with Gasteiger partial charge in [0.05, 0.1) is 18.9 Å². The number of ether oxygens (including phenoxy) is 1. The first-order chi connectivity index (χ1) is 8.34. The molecule has 17 heavy (non-hydrogen) atoms. The van der Waals surface area contributed by atoms with E-state index in [1.807, 2.05) is 23.9 Å². The van der Waals surface area contributed by atoms with E-state index in [0.717, 1.165) is 31.2 Å². The standard InChI is InChI=1S/C13H21NO2S/c1-11(17-10-13-5-3-7-16-13)8-14-9-12-4-2-6-15-12/h2,4,6,11,13-14H,3,5,7-10H2,1H3. The van der Waals surface area contributed by atoms with E-state index in [2.05, 4.69) is 12.2 Å². The van der Waals surface area contributed by atoms with Gasteiger partial charge in [-0.1, -0.05) is 6.92 Å². The molecule has 1 N–H and O–H groups in total. The third kappa shape index (κ3) is 4.74. The van der Waals surface area contributed by atoms with Crippen molar-refractivity contribution >= 4 is 11.8 Å². The van der Waals surface area contributed by atoms with Crippen LogP contribution in [0.5, 0.6) is 0 Å². The molecule has 4 heteroatoms. The van der Waals surface area contributed by atoms with E-state index in [4.69, 9.17) is 9.15 Å². The zero-order valence-corrected chi connectivity index (χ0v) is 11.2. The molecule has 2 atom stereocenters. The summed E-state index contributed by atoms with van der Waals surface area (Å²) < 4.78 is 10.9. The van der Waals surface area contributed by atoms with E-state index in [1.165, 1.54) is 12.8 Å². The van der Waals surface area contributed by atoms with E-state index < -0.39 is 0 Å². The molecule has 0 aliphatic carbocycles. The minimum Gasteiger partial charge on any atom is -0.468 e. The second kappa shape index (κ2) is 7.09. The molecule has 0 bridgehead atoms. The van der Waals surface area contributed by atoms with Gasteiger partial charge in [0, 0.05) is 24.2 Å². The van der Waals surface area contributed by atoms with Crippen molar-refractivity contribution in [3.63, 3.8) is 0 Å². The van der Waals surface area contributed by atoms with Gasteiger partial charge >= 0.3 is 0 Å². The highest BCUT2D eigenvalue weighted by molar-refractivity contribution is 7.99. The Bertz CT molecular complexity index is 296. The smallest absolute Gasteiger partial charge is 0.117 e. The molecule has 1 aliphatic heterocycles. The molecular weight excluding hydrogens is 234 g/mol. The van der Waals surface area contributed by atoms with Crippen LogP contribution in [0.1, 0.15) is 25.5 Å². The first-order valence-corrected chi connectivity index (χ1v) is 7.36. The minimum absolute atomic E-state index is 0.493. The van der Waals surface area contributed by atoms with Gasteiger partial charge in [0.1, 0.15) is 5.76 Å². The Morgan fingerprint density at radius 3 is 3.24 bits per heavy atom. The SMILES string of the molecule is CC(CNCc1ccco1)SCC1CCCO1. The van der Waals surface area contributed by atoms with Crippen molar-refractivity contribution in [3.05, 3.63) is 24.2 Å². The van der Waals surface area contributed by atoms with Crippen LogP contribution in [0.3, 0.4) is 0 Å². The molecule has 1 aliphatic rings. The van der Waals surface area contributed by atoms with Crippen molar-refractivity contribution in [2.45, 2.75) is 37.7 Å². The summed E-state index contributed by atoms with van der Waals surface area (Å²) in [6, 6.07) is 3.92. The van der Waals surface area contributed by atoms with Crippen molar-refractivity contribution in [3.8, 4) is 0 Å². The minimum atomic E-state index is 0.493. The Balaban J connectivity index is 1.52. The lowest BCUT2D eigenvalue weighted by molar-refractivity contribution is 0.129. The molecule has 96 valence electrons. The lowest BCUT2D eigenvalue weighted by Gasteiger charge is -2.14. The second-order valence-corrected chi connectivity index (χ2v) is 5.96. The predicted molar refractivity (Wildman–Crippen MR) is 71.3 cm³/mol. The van der Waals surface area contributed by atoms with Gasteiger partial charge in [0.15, 0.2) is 0 Å². The highest BCUT2D eigenvalue weighted by Crippen LogP contribution is 2.19. The van der Waals surface area contributed by atoms with Gasteiger partial charge in [-0.3, -0.25) is 0 Å². The zero-order valence-electron chi connectivity index (χ0n) is 10.4. The van der Waals surface area contributed by atoms with Gasteiger partial charge in [-0.15, -0.1) is 0 Å². The molecule has 0 aromatic carbocycles. The van der Waals surface area contributed by atoms with Crippen LogP contribution in [-0.2, 0) is 11.3 Å². The first kappa shape index (κ1) is 13.0. The van der Waals surface area contributed by atoms with Crippen molar-refractivity contribution in [2.24, 2.45) is 0 Å². The molecule has 1 saturated heterocycles. The van der Waals surface area contributed by atoms with E-state index in [9.17, 15) is 0 Å². The first-order valence-electron chi connectivity index (χ1n) is 6.31. The van der Waals surface area contributed by atoms with E-state index in [1.54, 1.807) is 6.26 Å². The van der Waals surface area contributed by atoms with E-state index in [-0.39, 0.29) is 0 Å². The van der Waals surface area contributed by atoms with Gasteiger partial charge < -0.3 is 14.5 Å². The van der Waals surface area contributed by atoms with Crippen LogP contribution < -0.4 is 5.32 Å². The third-order valence-electron chi connectivity index (χ3n) is 2.90. The second-order valence-electron chi connectivity index (χ2n) is 4.49. The van der Waals surface area contributed by atoms with Crippen molar-refractivity contribution < 1.29 is 9.15 Å². The monoisotopic (exact) mass is 255 g/mol. The van der Waals surface area contributed by atoms with Gasteiger partial charge in [-0.05, 0) is 25.0 Å². The highest BCUT2D eigenvalue weighted by Gasteiger charge is 2.16. The molecule has 0 amide bonds. The van der Waals surface area contributed by atoms with Crippen LogP contribution >= 0.6 is 11.8 Å². The summed E-state index contributed by atoms with van der Waals surface area (Å²) in [4.78, 5) is 0. The molecule has 3 nitrogen and oxygen atoms in total. The van der Waals surface area contributed by atoms with Crippen LogP contribution in [0.15, 0.2) is 22.8 Å². The molecule has 2 rings (SSSR count). The van der Waals surface area contributed by atoms with Crippen LogP contribution in [-0.4, -0.2) is 30.3 Å². The fraction of sp³-hybridized carbons (Fsp3) is 0.692. The lowest BCUT2D eigenvalue weighted by Crippen LogP contribution is -2.23. The fourth-order valence-electron chi connectivity index (χ4n) is 1.92. The Kier molecular flexibility index (Phi) is 5.42. The molecule has 0 saturated carbocycles. The Hall–Kier alpha value is -0.450. The maximum atomic E-state index is 5.61. The quantitative estimate of drug-likeness (QED) is 0.812. The maximum Gasteiger partial charge on any atom is 0.117 e. The molecule has 0 spiro atoms. The van der Waals surface area contributed by atoms with Crippen LogP contribution in [0.4, 0.5) is 0 Å². The average molecular weight is 255 g/mol. The van der Waals surface area contributed by atoms with Crippen molar-refractivity contribution in [2.75, 3.05) is 18.9 Å². The Labute approximate surface area is 107 Å². The van der Waals surface area contributed by atoms with Crippen molar-refractivity contribution in [1.29, 1.82) is 0 Å². The summed E-state index contributed by atoms with van der Waals surface area (Å²) in [6.07, 6.45) is 4.68. The van der Waals surface area contributed by atoms with Crippen LogP contribution in [0.25, 0.3) is 0 Å². The number of thioether (sulfide) groups is 1. The largest absolute Gasteiger partial charge is 0.468 e. The van der Waals surface area contributed by atoms with E-state index >= 15 is 0 Å². The van der Waals surface area contributed by atoms with Gasteiger partial charge in [-0.2, -0.15) is 11.8 Å². The number of hydrogen-bond acceptors (Lipinski definition) is 4. The summed E-state index contributed by atoms with van der Waals surface area (Å²) in [5.74, 6) is 2.13. The summed E-state index contributed by atoms with van der Waals surface area (Å²) >= 11 is 1.99. The highest BCUT2D eigenvalue weighted by atomic mass is 32.2. The number of nitrogens with one attached hydrogen (secondary N) is 1. The lowest BCUT2D eigenvalue weighted by atomic mass is 10.3. The molecular formula is C13H21NO2S. The molecule has 1 fully saturated rings. The molecule has 1 aromatic heterocycles. The molecule has 2 unspecified atom stereocenters. The number of rotatable bonds is 7. The summed E-state index contributed by atoms with van der Waals surface area (Å²) in [7, 11) is 0. The normalized spacial score (nSPS) is 21.8. The fourth-order valence-corrected chi connectivity index (χ4v) is 2.96. The van der Waals surface area contributed by atoms with E-state index in [0.29, 0.717) is 11.4 Å².